The van der Waals surface area contributed by atoms with E-state index in [-0.39, 0.29) is 14.9 Å². The number of nitrogens with zero attached hydrogens (tertiary/aromatic N) is 1. The van der Waals surface area contributed by atoms with Gasteiger partial charge in [-0.25, -0.2) is 8.42 Å². The Morgan fingerprint density at radius 1 is 1.57 bits per heavy atom. The molecule has 0 aliphatic carbocycles. The fourth-order valence-corrected chi connectivity index (χ4v) is 2.75. The Hall–Kier alpha value is -1.15. The van der Waals surface area contributed by atoms with Gasteiger partial charge in [0.1, 0.15) is 4.21 Å². The monoisotopic (exact) mass is 236 g/mol. The zero-order valence-corrected chi connectivity index (χ0v) is 9.11. The Labute approximate surface area is 84.6 Å². The maximum atomic E-state index is 11.1. The Balaban J connectivity index is 3.34. The number of hydrogen-bond donors (Lipinski definition) is 1. The summed E-state index contributed by atoms with van der Waals surface area (Å²) in [5, 5.41) is 13.3. The molecular weight excluding hydrogens is 228 g/mol. The second kappa shape index (κ2) is 3.54. The summed E-state index contributed by atoms with van der Waals surface area (Å²) in [4.78, 5) is 9.88. The standard InChI is InChI=1S/C6H8N2O4S2/c1-7-6-4(8(9)10)3-5(13-6)14(2,11)12/h3,7H,1-2H3. The van der Waals surface area contributed by atoms with E-state index in [4.69, 9.17) is 0 Å². The third kappa shape index (κ3) is 2.02. The van der Waals surface area contributed by atoms with Crippen LogP contribution in [0, 0.1) is 10.1 Å². The van der Waals surface area contributed by atoms with Crippen LogP contribution in [0.15, 0.2) is 10.3 Å². The topological polar surface area (TPSA) is 89.3 Å². The molecule has 0 aromatic carbocycles. The predicted molar refractivity (Wildman–Crippen MR) is 53.6 cm³/mol. The Morgan fingerprint density at radius 2 is 2.14 bits per heavy atom. The van der Waals surface area contributed by atoms with Gasteiger partial charge in [0.05, 0.1) is 4.92 Å². The van der Waals surface area contributed by atoms with Crippen molar-refractivity contribution in [2.24, 2.45) is 0 Å². The molecule has 0 atom stereocenters. The molecule has 0 saturated heterocycles. The zero-order chi connectivity index (χ0) is 10.9. The highest BCUT2D eigenvalue weighted by Gasteiger charge is 2.22. The summed E-state index contributed by atoms with van der Waals surface area (Å²) in [6.07, 6.45) is 1.02. The smallest absolute Gasteiger partial charge is 0.304 e. The highest BCUT2D eigenvalue weighted by atomic mass is 32.2. The maximum absolute atomic E-state index is 11.1. The lowest BCUT2D eigenvalue weighted by molar-refractivity contribution is -0.383. The minimum Gasteiger partial charge on any atom is -0.374 e. The van der Waals surface area contributed by atoms with Crippen molar-refractivity contribution >= 4 is 31.9 Å². The van der Waals surface area contributed by atoms with Gasteiger partial charge in [-0.15, -0.1) is 0 Å². The van der Waals surface area contributed by atoms with Gasteiger partial charge in [0.2, 0.25) is 0 Å². The van der Waals surface area contributed by atoms with E-state index < -0.39 is 14.8 Å². The number of nitro groups is 1. The first-order chi connectivity index (χ1) is 6.36. The molecule has 0 fully saturated rings. The minimum absolute atomic E-state index is 0.00597. The molecule has 0 aliphatic rings. The Bertz CT molecular complexity index is 462. The normalized spacial score (nSPS) is 11.3. The molecule has 0 saturated carbocycles. The fraction of sp³-hybridized carbons (Fsp3) is 0.333. The van der Waals surface area contributed by atoms with E-state index in [0.29, 0.717) is 0 Å². The van der Waals surface area contributed by atoms with Crippen molar-refractivity contribution in [2.45, 2.75) is 4.21 Å². The molecule has 0 radical (unpaired) electrons. The first-order valence-electron chi connectivity index (χ1n) is 3.52. The zero-order valence-electron chi connectivity index (χ0n) is 7.47. The van der Waals surface area contributed by atoms with E-state index in [1.54, 1.807) is 0 Å². The number of rotatable bonds is 3. The van der Waals surface area contributed by atoms with Crippen molar-refractivity contribution in [2.75, 3.05) is 18.6 Å². The molecule has 0 unspecified atom stereocenters. The summed E-state index contributed by atoms with van der Waals surface area (Å²) in [5.41, 5.74) is -0.210. The lowest BCUT2D eigenvalue weighted by atomic mass is 10.5. The van der Waals surface area contributed by atoms with Crippen LogP contribution in [0.3, 0.4) is 0 Å². The summed E-state index contributed by atoms with van der Waals surface area (Å²) in [6.45, 7) is 0. The predicted octanol–water partition coefficient (Wildman–Crippen LogP) is 1.10. The van der Waals surface area contributed by atoms with Crippen LogP contribution in [0.1, 0.15) is 0 Å². The third-order valence-electron chi connectivity index (χ3n) is 1.48. The summed E-state index contributed by atoms with van der Waals surface area (Å²) >= 11 is 0.854. The van der Waals surface area contributed by atoms with Crippen molar-refractivity contribution in [3.05, 3.63) is 16.2 Å². The van der Waals surface area contributed by atoms with Gasteiger partial charge < -0.3 is 5.32 Å². The third-order valence-corrected chi connectivity index (χ3v) is 4.42. The molecule has 1 heterocycles. The van der Waals surface area contributed by atoms with E-state index in [1.165, 1.54) is 7.05 Å². The lowest BCUT2D eigenvalue weighted by Crippen LogP contribution is -1.92. The number of thiophene rings is 1. The van der Waals surface area contributed by atoms with Crippen molar-refractivity contribution in [1.29, 1.82) is 0 Å². The van der Waals surface area contributed by atoms with Gasteiger partial charge in [0.25, 0.3) is 0 Å². The molecule has 6 nitrogen and oxygen atoms in total. The fourth-order valence-electron chi connectivity index (χ4n) is 0.857. The van der Waals surface area contributed by atoms with Crippen LogP contribution in [0.2, 0.25) is 0 Å². The summed E-state index contributed by atoms with van der Waals surface area (Å²) in [5.74, 6) is 0. The molecule has 8 heteroatoms. The van der Waals surface area contributed by atoms with Gasteiger partial charge in [0.15, 0.2) is 14.8 Å². The van der Waals surface area contributed by atoms with Gasteiger partial charge in [-0.2, -0.15) is 0 Å². The van der Waals surface area contributed by atoms with Gasteiger partial charge in [0, 0.05) is 19.4 Å². The summed E-state index contributed by atoms with van der Waals surface area (Å²) in [6, 6.07) is 1.06. The number of hydrogen-bond acceptors (Lipinski definition) is 6. The number of anilines is 1. The van der Waals surface area contributed by atoms with Crippen LogP contribution in [-0.2, 0) is 9.84 Å². The van der Waals surface area contributed by atoms with E-state index in [2.05, 4.69) is 5.32 Å². The summed E-state index contributed by atoms with van der Waals surface area (Å²) in [7, 11) is -1.87. The molecule has 0 spiro atoms. The average Bonchev–Trinajstić information content (AvgIpc) is 2.45. The summed E-state index contributed by atoms with van der Waals surface area (Å²) < 4.78 is 22.2. The van der Waals surface area contributed by atoms with E-state index >= 15 is 0 Å². The van der Waals surface area contributed by atoms with Crippen LogP contribution in [0.5, 0.6) is 0 Å². The lowest BCUT2D eigenvalue weighted by Gasteiger charge is -1.91. The van der Waals surface area contributed by atoms with Gasteiger partial charge in [-0.3, -0.25) is 10.1 Å². The molecular formula is C6H8N2O4S2. The second-order valence-electron chi connectivity index (χ2n) is 2.56. The molecule has 1 N–H and O–H groups in total. The molecule has 0 amide bonds. The SMILES string of the molecule is CNc1sc(S(C)(=O)=O)cc1[N+](=O)[O-]. The quantitative estimate of drug-likeness (QED) is 0.627. The van der Waals surface area contributed by atoms with E-state index in [9.17, 15) is 18.5 Å². The highest BCUT2D eigenvalue weighted by Crippen LogP contribution is 2.36. The number of nitrogens with one attached hydrogen (secondary N) is 1. The molecule has 1 aromatic heterocycles. The molecule has 1 aromatic rings. The average molecular weight is 236 g/mol. The van der Waals surface area contributed by atoms with E-state index in [0.717, 1.165) is 23.7 Å². The maximum Gasteiger partial charge on any atom is 0.304 e. The largest absolute Gasteiger partial charge is 0.374 e. The molecule has 0 aliphatic heterocycles. The molecule has 1 rings (SSSR count). The molecule has 14 heavy (non-hydrogen) atoms. The second-order valence-corrected chi connectivity index (χ2v) is 5.85. The Kier molecular flexibility index (Phi) is 2.76. The van der Waals surface area contributed by atoms with Crippen LogP contribution < -0.4 is 5.32 Å². The highest BCUT2D eigenvalue weighted by molar-refractivity contribution is 7.92. The van der Waals surface area contributed by atoms with Crippen molar-refractivity contribution in [3.8, 4) is 0 Å². The van der Waals surface area contributed by atoms with Gasteiger partial charge >= 0.3 is 5.69 Å². The van der Waals surface area contributed by atoms with Crippen molar-refractivity contribution in [1.82, 2.24) is 0 Å². The first kappa shape index (κ1) is 10.9. The molecule has 78 valence electrons. The minimum atomic E-state index is -3.37. The Morgan fingerprint density at radius 3 is 2.43 bits per heavy atom. The van der Waals surface area contributed by atoms with Crippen LogP contribution in [0.25, 0.3) is 0 Å². The van der Waals surface area contributed by atoms with Gasteiger partial charge in [-0.05, 0) is 0 Å². The number of sulfone groups is 1. The van der Waals surface area contributed by atoms with E-state index in [1.807, 2.05) is 0 Å². The van der Waals surface area contributed by atoms with Crippen LogP contribution in [-0.4, -0.2) is 26.6 Å². The first-order valence-corrected chi connectivity index (χ1v) is 6.23. The van der Waals surface area contributed by atoms with Crippen LogP contribution >= 0.6 is 11.3 Å². The van der Waals surface area contributed by atoms with Crippen molar-refractivity contribution in [3.63, 3.8) is 0 Å². The van der Waals surface area contributed by atoms with Crippen molar-refractivity contribution < 1.29 is 13.3 Å². The van der Waals surface area contributed by atoms with Gasteiger partial charge in [-0.1, -0.05) is 11.3 Å². The van der Waals surface area contributed by atoms with Crippen LogP contribution in [0.4, 0.5) is 10.7 Å². The molecule has 0 bridgehead atoms.